The maximum atomic E-state index is 13.9. The molecule has 0 aliphatic carbocycles. The molecule has 0 amide bonds. The van der Waals surface area contributed by atoms with Crippen LogP contribution < -0.4 is 5.32 Å². The highest BCUT2D eigenvalue weighted by Gasteiger charge is 2.16. The van der Waals surface area contributed by atoms with Crippen LogP contribution in [0.5, 0.6) is 0 Å². The van der Waals surface area contributed by atoms with Gasteiger partial charge in [0, 0.05) is 24.8 Å². The number of likely N-dealkylation sites (N-methyl/N-ethyl adjacent to an activating group) is 1. The van der Waals surface area contributed by atoms with Crippen molar-refractivity contribution < 1.29 is 13.5 Å². The van der Waals surface area contributed by atoms with Gasteiger partial charge in [-0.1, -0.05) is 0 Å². The van der Waals surface area contributed by atoms with Crippen molar-refractivity contribution in [1.82, 2.24) is 5.32 Å². The van der Waals surface area contributed by atoms with E-state index in [0.717, 1.165) is 12.8 Å². The summed E-state index contributed by atoms with van der Waals surface area (Å²) in [5.41, 5.74) is 0.130. The molecule has 1 aromatic carbocycles. The van der Waals surface area contributed by atoms with Crippen molar-refractivity contribution >= 4 is 15.9 Å². The minimum absolute atomic E-state index is 0.0405. The third-order valence-corrected chi connectivity index (χ3v) is 3.66. The SMILES string of the molecule is CCOCCCC(Cc1c(F)ccc(Br)c1F)NC. The zero-order valence-electron chi connectivity index (χ0n) is 11.3. The van der Waals surface area contributed by atoms with Crippen LogP contribution >= 0.6 is 15.9 Å². The van der Waals surface area contributed by atoms with E-state index in [1.165, 1.54) is 12.1 Å². The number of rotatable bonds is 8. The lowest BCUT2D eigenvalue weighted by Crippen LogP contribution is -2.28. The number of benzene rings is 1. The van der Waals surface area contributed by atoms with Crippen LogP contribution in [0.25, 0.3) is 0 Å². The van der Waals surface area contributed by atoms with Crippen LogP contribution in [0.2, 0.25) is 0 Å². The molecule has 0 saturated heterocycles. The minimum Gasteiger partial charge on any atom is -0.382 e. The van der Waals surface area contributed by atoms with Gasteiger partial charge in [0.05, 0.1) is 4.47 Å². The molecule has 5 heteroatoms. The van der Waals surface area contributed by atoms with Crippen LogP contribution in [0.1, 0.15) is 25.3 Å². The first kappa shape index (κ1) is 16.5. The van der Waals surface area contributed by atoms with Gasteiger partial charge in [-0.2, -0.15) is 0 Å². The normalized spacial score (nSPS) is 12.7. The van der Waals surface area contributed by atoms with E-state index in [1.807, 2.05) is 6.92 Å². The van der Waals surface area contributed by atoms with Gasteiger partial charge >= 0.3 is 0 Å². The monoisotopic (exact) mass is 335 g/mol. The third kappa shape index (κ3) is 5.16. The van der Waals surface area contributed by atoms with E-state index in [-0.39, 0.29) is 11.6 Å². The molecule has 1 unspecified atom stereocenters. The highest BCUT2D eigenvalue weighted by Crippen LogP contribution is 2.23. The maximum absolute atomic E-state index is 13.9. The molecule has 1 N–H and O–H groups in total. The van der Waals surface area contributed by atoms with Crippen molar-refractivity contribution in [2.24, 2.45) is 0 Å². The Kier molecular flexibility index (Phi) is 7.49. The van der Waals surface area contributed by atoms with E-state index in [2.05, 4.69) is 21.2 Å². The Labute approximate surface area is 121 Å². The predicted octanol–water partition coefficient (Wildman–Crippen LogP) is 3.67. The zero-order valence-corrected chi connectivity index (χ0v) is 12.9. The number of hydrogen-bond acceptors (Lipinski definition) is 2. The molecule has 1 aromatic rings. The van der Waals surface area contributed by atoms with Crippen LogP contribution in [0.4, 0.5) is 8.78 Å². The molecule has 0 fully saturated rings. The molecular formula is C14H20BrF2NO. The molecular weight excluding hydrogens is 316 g/mol. The number of ether oxygens (including phenoxy) is 1. The summed E-state index contributed by atoms with van der Waals surface area (Å²) in [5.74, 6) is -1.00. The molecule has 1 rings (SSSR count). The van der Waals surface area contributed by atoms with E-state index in [0.29, 0.717) is 24.1 Å². The first-order valence-electron chi connectivity index (χ1n) is 6.47. The lowest BCUT2D eigenvalue weighted by molar-refractivity contribution is 0.141. The molecule has 2 nitrogen and oxygen atoms in total. The van der Waals surface area contributed by atoms with Gasteiger partial charge < -0.3 is 10.1 Å². The quantitative estimate of drug-likeness (QED) is 0.578. The van der Waals surface area contributed by atoms with Crippen molar-refractivity contribution in [2.75, 3.05) is 20.3 Å². The minimum atomic E-state index is -0.509. The second-order valence-corrected chi connectivity index (χ2v) is 5.20. The molecule has 0 saturated carbocycles. The topological polar surface area (TPSA) is 21.3 Å². The van der Waals surface area contributed by atoms with Gasteiger partial charge in [-0.05, 0) is 61.3 Å². The average Bonchev–Trinajstić information content (AvgIpc) is 2.41. The van der Waals surface area contributed by atoms with Crippen molar-refractivity contribution in [3.05, 3.63) is 33.8 Å². The van der Waals surface area contributed by atoms with Gasteiger partial charge in [-0.15, -0.1) is 0 Å². The highest BCUT2D eigenvalue weighted by molar-refractivity contribution is 9.10. The fourth-order valence-electron chi connectivity index (χ4n) is 1.93. The average molecular weight is 336 g/mol. The smallest absolute Gasteiger partial charge is 0.143 e. The lowest BCUT2D eigenvalue weighted by atomic mass is 10.0. The Morgan fingerprint density at radius 2 is 2.11 bits per heavy atom. The van der Waals surface area contributed by atoms with Crippen LogP contribution in [-0.2, 0) is 11.2 Å². The summed E-state index contributed by atoms with van der Waals surface area (Å²) >= 11 is 3.08. The second kappa shape index (κ2) is 8.61. The summed E-state index contributed by atoms with van der Waals surface area (Å²) in [7, 11) is 1.80. The molecule has 108 valence electrons. The second-order valence-electron chi connectivity index (χ2n) is 4.35. The van der Waals surface area contributed by atoms with E-state index in [1.54, 1.807) is 7.05 Å². The summed E-state index contributed by atoms with van der Waals surface area (Å²) in [6.45, 7) is 3.32. The maximum Gasteiger partial charge on any atom is 0.143 e. The molecule has 0 aromatic heterocycles. The van der Waals surface area contributed by atoms with E-state index < -0.39 is 11.6 Å². The first-order chi connectivity index (χ1) is 9.10. The third-order valence-electron chi connectivity index (χ3n) is 3.04. The zero-order chi connectivity index (χ0) is 14.3. The molecule has 0 aliphatic heterocycles. The van der Waals surface area contributed by atoms with Gasteiger partial charge in [0.25, 0.3) is 0 Å². The molecule has 0 aliphatic rings. The fraction of sp³-hybridized carbons (Fsp3) is 0.571. The molecule has 0 bridgehead atoms. The Hall–Kier alpha value is -0.520. The molecule has 1 atom stereocenters. The van der Waals surface area contributed by atoms with E-state index >= 15 is 0 Å². The van der Waals surface area contributed by atoms with Crippen molar-refractivity contribution in [2.45, 2.75) is 32.2 Å². The summed E-state index contributed by atoms with van der Waals surface area (Å²) in [6, 6.07) is 2.71. The molecule has 0 heterocycles. The number of nitrogens with one attached hydrogen (secondary N) is 1. The standard InChI is InChI=1S/C14H20BrF2NO/c1-3-19-8-4-5-10(18-2)9-11-13(16)7-6-12(15)14(11)17/h6-7,10,18H,3-5,8-9H2,1-2H3. The molecule has 19 heavy (non-hydrogen) atoms. The van der Waals surface area contributed by atoms with Crippen LogP contribution in [0, 0.1) is 11.6 Å². The van der Waals surface area contributed by atoms with E-state index in [4.69, 9.17) is 4.74 Å². The Morgan fingerprint density at radius 3 is 2.74 bits per heavy atom. The van der Waals surface area contributed by atoms with Crippen molar-refractivity contribution in [3.63, 3.8) is 0 Å². The van der Waals surface area contributed by atoms with Gasteiger partial charge in [-0.3, -0.25) is 0 Å². The fourth-order valence-corrected chi connectivity index (χ4v) is 2.30. The largest absolute Gasteiger partial charge is 0.382 e. The highest BCUT2D eigenvalue weighted by atomic mass is 79.9. The lowest BCUT2D eigenvalue weighted by Gasteiger charge is -2.17. The van der Waals surface area contributed by atoms with Crippen LogP contribution in [0.15, 0.2) is 16.6 Å². The van der Waals surface area contributed by atoms with E-state index in [9.17, 15) is 8.78 Å². The Bertz CT molecular complexity index is 401. The summed E-state index contributed by atoms with van der Waals surface area (Å²) < 4.78 is 33.1. The Balaban J connectivity index is 2.63. The predicted molar refractivity (Wildman–Crippen MR) is 76.3 cm³/mol. The van der Waals surface area contributed by atoms with Crippen LogP contribution in [0.3, 0.4) is 0 Å². The number of hydrogen-bond donors (Lipinski definition) is 1. The molecule has 0 spiro atoms. The van der Waals surface area contributed by atoms with Gasteiger partial charge in [0.15, 0.2) is 0 Å². The first-order valence-corrected chi connectivity index (χ1v) is 7.26. The summed E-state index contributed by atoms with van der Waals surface area (Å²) in [4.78, 5) is 0. The van der Waals surface area contributed by atoms with Gasteiger partial charge in [0.2, 0.25) is 0 Å². The van der Waals surface area contributed by atoms with Gasteiger partial charge in [-0.25, -0.2) is 8.78 Å². The van der Waals surface area contributed by atoms with Crippen LogP contribution in [-0.4, -0.2) is 26.3 Å². The summed E-state index contributed by atoms with van der Waals surface area (Å²) in [5, 5.41) is 3.10. The van der Waals surface area contributed by atoms with Crippen molar-refractivity contribution in [3.8, 4) is 0 Å². The number of halogens is 3. The van der Waals surface area contributed by atoms with Gasteiger partial charge in [0.1, 0.15) is 11.6 Å². The molecule has 0 radical (unpaired) electrons. The summed E-state index contributed by atoms with van der Waals surface area (Å²) in [6.07, 6.45) is 2.03. The Morgan fingerprint density at radius 1 is 1.37 bits per heavy atom. The van der Waals surface area contributed by atoms with Crippen molar-refractivity contribution in [1.29, 1.82) is 0 Å².